The Hall–Kier alpha value is -0.0900. The van der Waals surface area contributed by atoms with Crippen molar-refractivity contribution in [2.75, 3.05) is 19.7 Å². The van der Waals surface area contributed by atoms with Gasteiger partial charge in [0, 0.05) is 78.1 Å². The molecule has 0 fully saturated rings. The zero-order chi connectivity index (χ0) is 24.9. The summed E-state index contributed by atoms with van der Waals surface area (Å²) in [5, 5.41) is 27.2. The molecule has 35 heavy (non-hydrogen) atoms. The molecule has 0 spiro atoms. The van der Waals surface area contributed by atoms with Gasteiger partial charge in [0.1, 0.15) is 0 Å². The fourth-order valence-corrected chi connectivity index (χ4v) is 3.79. The maximum atomic E-state index is 12.5. The molecule has 194 valence electrons. The van der Waals surface area contributed by atoms with Crippen molar-refractivity contribution in [2.45, 2.75) is 110 Å². The number of imide groups is 1. The van der Waals surface area contributed by atoms with Crippen LogP contribution in [0.3, 0.4) is 0 Å². The van der Waals surface area contributed by atoms with E-state index in [1.807, 2.05) is 0 Å². The summed E-state index contributed by atoms with van der Waals surface area (Å²) in [6.45, 7) is 3.27. The first kappa shape index (κ1) is 39.4. The van der Waals surface area contributed by atoms with E-state index in [4.69, 9.17) is 10.2 Å². The Morgan fingerprint density at radius 3 is 1.69 bits per heavy atom. The molecule has 0 aromatic rings. The minimum absolute atomic E-state index is 0. The van der Waals surface area contributed by atoms with E-state index in [0.29, 0.717) is 6.42 Å². The number of nitrogens with zero attached hydrogens (tertiary/aromatic N) is 2. The van der Waals surface area contributed by atoms with Crippen LogP contribution in [0.2, 0.25) is 0 Å². The van der Waals surface area contributed by atoms with E-state index in [2.05, 4.69) is 19.1 Å². The van der Waals surface area contributed by atoms with Crippen LogP contribution in [-0.2, 0) is 4.79 Å². The number of rotatable bonds is 20. The van der Waals surface area contributed by atoms with E-state index in [1.54, 1.807) is 6.92 Å². The smallest absolute Gasteiger partial charge is 0.416 e. The van der Waals surface area contributed by atoms with E-state index in [-0.39, 0.29) is 89.6 Å². The molecule has 2 radical (unpaired) electrons. The number of carboxylic acid groups (broad SMARTS) is 2. The van der Waals surface area contributed by atoms with Crippen molar-refractivity contribution in [1.82, 2.24) is 9.80 Å². The Morgan fingerprint density at radius 1 is 0.771 bits per heavy atom. The third-order valence-corrected chi connectivity index (χ3v) is 5.75. The summed E-state index contributed by atoms with van der Waals surface area (Å²) in [6, 6.07) is -0.639. The Kier molecular flexibility index (Phi) is 30.4. The Bertz CT molecular complexity index is 564. The second-order valence-electron chi connectivity index (χ2n) is 8.67. The number of unbranched alkanes of at least 4 members (excludes halogenated alkanes) is 11. The van der Waals surface area contributed by atoms with E-state index in [9.17, 15) is 19.5 Å². The fourth-order valence-electron chi connectivity index (χ4n) is 3.79. The Labute approximate surface area is 256 Å². The van der Waals surface area contributed by atoms with Crippen molar-refractivity contribution < 1.29 is 29.7 Å². The second-order valence-corrected chi connectivity index (χ2v) is 8.67. The van der Waals surface area contributed by atoms with Crippen LogP contribution in [0.4, 0.5) is 9.59 Å². The summed E-state index contributed by atoms with van der Waals surface area (Å²) in [5.74, 6) is -0.190. The monoisotopic (exact) mass is 516 g/mol. The summed E-state index contributed by atoms with van der Waals surface area (Å²) >= 11 is 0. The van der Waals surface area contributed by atoms with Gasteiger partial charge in [-0.05, 0) is 39.0 Å². The Balaban J connectivity index is -0.00000512. The van der Waals surface area contributed by atoms with E-state index < -0.39 is 18.2 Å². The van der Waals surface area contributed by atoms with Gasteiger partial charge >= 0.3 is 12.2 Å². The van der Waals surface area contributed by atoms with Gasteiger partial charge in [0.05, 0.1) is 13.2 Å². The zero-order valence-electron chi connectivity index (χ0n) is 22.7. The predicted octanol–water partition coefficient (Wildman–Crippen LogP) is 5.13. The van der Waals surface area contributed by atoms with E-state index >= 15 is 0 Å². The summed E-state index contributed by atoms with van der Waals surface area (Å²) in [7, 11) is 0. The van der Waals surface area contributed by atoms with Crippen LogP contribution in [0.25, 0.3) is 0 Å². The molecule has 0 heterocycles. The molecule has 3 N–H and O–H groups in total. The summed E-state index contributed by atoms with van der Waals surface area (Å²) in [4.78, 5) is 36.2. The van der Waals surface area contributed by atoms with Gasteiger partial charge in [-0.2, -0.15) is 0 Å². The van der Waals surface area contributed by atoms with Gasteiger partial charge in [0.15, 0.2) is 0 Å². The molecule has 0 aliphatic heterocycles. The normalized spacial score (nSPS) is 11.4. The number of hydrogen-bond donors (Lipinski definition) is 3. The van der Waals surface area contributed by atoms with Gasteiger partial charge in [-0.15, -0.1) is 0 Å². The third-order valence-electron chi connectivity index (χ3n) is 5.75. The summed E-state index contributed by atoms with van der Waals surface area (Å²) < 4.78 is 0. The van der Waals surface area contributed by atoms with Crippen molar-refractivity contribution in [1.29, 1.82) is 0 Å². The topological polar surface area (TPSA) is 118 Å². The SMILES string of the molecule is CCCCCCCCC=CCCCCCCCC(=O)N(CCO)C(C)CN(C(=O)O)C(=O)O.[Na].[Na]. The standard InChI is InChI=1S/C25H46N2O6.2Na/c1-3-4-5-6-7-8-9-10-11-12-13-14-15-16-17-18-23(29)26(19-20-28)22(2)21-27(24(30)31)25(32)33;;/h10-11,22,28H,3-9,12-21H2,1-2H3,(H,30,31)(H,32,33);;. The van der Waals surface area contributed by atoms with E-state index in [0.717, 1.165) is 38.5 Å². The summed E-state index contributed by atoms with van der Waals surface area (Å²) in [6.07, 6.45) is 16.9. The third kappa shape index (κ3) is 21.7. The molecule has 3 amide bonds. The largest absolute Gasteiger partial charge is 0.465 e. The van der Waals surface area contributed by atoms with Gasteiger partial charge in [-0.1, -0.05) is 70.4 Å². The predicted molar refractivity (Wildman–Crippen MR) is 142 cm³/mol. The van der Waals surface area contributed by atoms with Crippen LogP contribution < -0.4 is 0 Å². The van der Waals surface area contributed by atoms with Gasteiger partial charge in [0.2, 0.25) is 5.91 Å². The molecule has 1 atom stereocenters. The quantitative estimate of drug-likeness (QED) is 0.117. The first-order chi connectivity index (χ1) is 15.8. The van der Waals surface area contributed by atoms with Crippen LogP contribution in [0.5, 0.6) is 0 Å². The molecule has 0 aromatic heterocycles. The van der Waals surface area contributed by atoms with Gasteiger partial charge in [-0.3, -0.25) is 4.79 Å². The average Bonchev–Trinajstić information content (AvgIpc) is 2.77. The minimum atomic E-state index is -1.58. The molecule has 8 nitrogen and oxygen atoms in total. The van der Waals surface area contributed by atoms with Crippen molar-refractivity contribution in [3.05, 3.63) is 12.2 Å². The number of amides is 3. The molecule has 10 heteroatoms. The molecule has 0 rings (SSSR count). The van der Waals surface area contributed by atoms with Crippen molar-refractivity contribution in [3.63, 3.8) is 0 Å². The van der Waals surface area contributed by atoms with Crippen LogP contribution >= 0.6 is 0 Å². The molecule has 0 saturated heterocycles. The molecule has 0 aliphatic rings. The van der Waals surface area contributed by atoms with Crippen LogP contribution in [0.1, 0.15) is 104 Å². The average molecular weight is 517 g/mol. The van der Waals surface area contributed by atoms with Gasteiger partial charge < -0.3 is 20.2 Å². The first-order valence-corrected chi connectivity index (χ1v) is 12.6. The molecular weight excluding hydrogens is 470 g/mol. The fraction of sp³-hybridized carbons (Fsp3) is 0.800. The van der Waals surface area contributed by atoms with Crippen molar-refractivity contribution in [3.8, 4) is 0 Å². The maximum absolute atomic E-state index is 12.5. The minimum Gasteiger partial charge on any atom is -0.465 e. The molecule has 0 aromatic carbocycles. The number of allylic oxidation sites excluding steroid dienone is 2. The molecule has 1 unspecified atom stereocenters. The second kappa shape index (κ2) is 27.0. The molecule has 0 saturated carbocycles. The van der Waals surface area contributed by atoms with Gasteiger partial charge in [-0.25, -0.2) is 14.5 Å². The molecule has 0 aliphatic carbocycles. The first-order valence-electron chi connectivity index (χ1n) is 12.6. The van der Waals surface area contributed by atoms with Crippen molar-refractivity contribution >= 4 is 77.2 Å². The van der Waals surface area contributed by atoms with Crippen LogP contribution in [-0.4, -0.2) is 128 Å². The Morgan fingerprint density at radius 2 is 1.23 bits per heavy atom. The number of carbonyl (C=O) groups excluding carboxylic acids is 1. The van der Waals surface area contributed by atoms with Crippen molar-refractivity contribution in [2.24, 2.45) is 0 Å². The van der Waals surface area contributed by atoms with Gasteiger partial charge in [0.25, 0.3) is 0 Å². The number of aliphatic hydroxyl groups excluding tert-OH is 1. The van der Waals surface area contributed by atoms with E-state index in [1.165, 1.54) is 49.8 Å². The van der Waals surface area contributed by atoms with Crippen LogP contribution in [0.15, 0.2) is 12.2 Å². The number of carbonyl (C=O) groups is 3. The zero-order valence-corrected chi connectivity index (χ0v) is 26.7. The molecular formula is C25H46N2Na2O6. The summed E-state index contributed by atoms with van der Waals surface area (Å²) in [5.41, 5.74) is 0. The number of hydrogen-bond acceptors (Lipinski definition) is 4. The number of aliphatic hydroxyl groups is 1. The maximum Gasteiger partial charge on any atom is 0.416 e. The van der Waals surface area contributed by atoms with Crippen LogP contribution in [0, 0.1) is 0 Å². The molecule has 0 bridgehead atoms.